The van der Waals surface area contributed by atoms with Crippen LogP contribution in [-0.4, -0.2) is 28.7 Å². The number of imidazole rings is 3. The Morgan fingerprint density at radius 1 is 0.844 bits per heavy atom. The van der Waals surface area contributed by atoms with Gasteiger partial charge in [0.2, 0.25) is 0 Å². The van der Waals surface area contributed by atoms with Crippen LogP contribution in [0.4, 0.5) is 0 Å². The zero-order valence-electron chi connectivity index (χ0n) is 26.1. The fourth-order valence-corrected chi connectivity index (χ4v) is 5.48. The van der Waals surface area contributed by atoms with Crippen LogP contribution in [0.25, 0.3) is 22.7 Å². The molecule has 0 radical (unpaired) electrons. The molecule has 2 aliphatic carbocycles. The van der Waals surface area contributed by atoms with Gasteiger partial charge in [0.1, 0.15) is 17.5 Å². The highest BCUT2D eigenvalue weighted by Gasteiger charge is 2.11. The minimum absolute atomic E-state index is 0.746. The average Bonchev–Trinajstić information content (AvgIpc) is 3.69. The minimum atomic E-state index is 0.746. The normalized spacial score (nSPS) is 15.0. The Hall–Kier alpha value is -5.67. The van der Waals surface area contributed by atoms with Gasteiger partial charge in [0, 0.05) is 54.1 Å². The summed E-state index contributed by atoms with van der Waals surface area (Å²) < 4.78 is 6.26. The Morgan fingerprint density at radius 2 is 1.58 bits per heavy atom. The van der Waals surface area contributed by atoms with E-state index in [1.807, 2.05) is 74.7 Å². The molecule has 0 saturated carbocycles. The Labute approximate surface area is 264 Å². The molecule has 3 heterocycles. The zero-order valence-corrected chi connectivity index (χ0v) is 26.1. The first-order valence-electron chi connectivity index (χ1n) is 15.2. The van der Waals surface area contributed by atoms with Gasteiger partial charge < -0.3 is 9.13 Å². The van der Waals surface area contributed by atoms with Gasteiger partial charge in [-0.2, -0.15) is 0 Å². The van der Waals surface area contributed by atoms with Gasteiger partial charge in [-0.3, -0.25) is 4.57 Å². The van der Waals surface area contributed by atoms with Crippen molar-refractivity contribution in [3.63, 3.8) is 0 Å². The number of hydrogen-bond acceptors (Lipinski definition) is 3. The molecule has 6 nitrogen and oxygen atoms in total. The van der Waals surface area contributed by atoms with E-state index in [2.05, 4.69) is 115 Å². The van der Waals surface area contributed by atoms with E-state index in [4.69, 9.17) is 0 Å². The van der Waals surface area contributed by atoms with Crippen molar-refractivity contribution in [1.29, 1.82) is 0 Å². The number of aryl methyl sites for hydroxylation is 3. The molecule has 4 aromatic rings. The summed E-state index contributed by atoms with van der Waals surface area (Å²) in [5.74, 6) is 2.83. The van der Waals surface area contributed by atoms with E-state index in [-0.39, 0.29) is 0 Å². The molecule has 2 aliphatic rings. The minimum Gasteiger partial charge on any atom is -0.304 e. The first-order chi connectivity index (χ1) is 22.0. The number of aromatic nitrogens is 6. The summed E-state index contributed by atoms with van der Waals surface area (Å²) in [6.07, 6.45) is 34.3. The largest absolute Gasteiger partial charge is 0.304 e. The van der Waals surface area contributed by atoms with E-state index in [9.17, 15) is 0 Å². The molecule has 6 rings (SSSR count). The monoisotopic (exact) mass is 588 g/mol. The summed E-state index contributed by atoms with van der Waals surface area (Å²) in [6.45, 7) is 8.24. The quantitative estimate of drug-likeness (QED) is 0.145. The number of benzene rings is 1. The van der Waals surface area contributed by atoms with Gasteiger partial charge in [-0.05, 0) is 98.4 Å². The molecule has 222 valence electrons. The van der Waals surface area contributed by atoms with Crippen molar-refractivity contribution < 1.29 is 0 Å². The van der Waals surface area contributed by atoms with Crippen LogP contribution in [0.3, 0.4) is 0 Å². The van der Waals surface area contributed by atoms with Crippen LogP contribution in [0, 0.1) is 20.8 Å². The van der Waals surface area contributed by atoms with Gasteiger partial charge in [-0.15, -0.1) is 5.73 Å². The smallest absolute Gasteiger partial charge is 0.110 e. The Balaban J connectivity index is 1.41. The van der Waals surface area contributed by atoms with Gasteiger partial charge in [-0.1, -0.05) is 55.2 Å². The van der Waals surface area contributed by atoms with Crippen LogP contribution in [0.15, 0.2) is 150 Å². The highest BCUT2D eigenvalue weighted by molar-refractivity contribution is 5.78. The molecule has 3 aromatic heterocycles. The Bertz CT molecular complexity index is 2060. The van der Waals surface area contributed by atoms with Crippen molar-refractivity contribution in [2.75, 3.05) is 0 Å². The fraction of sp³-hybridized carbons (Fsp3) is 0.154. The molecule has 6 heteroatoms. The molecular weight excluding hydrogens is 552 g/mol. The Morgan fingerprint density at radius 3 is 2.29 bits per heavy atom. The number of rotatable bonds is 9. The number of hydrogen-bond donors (Lipinski definition) is 0. The average molecular weight is 589 g/mol. The maximum atomic E-state index is 4.44. The SMILES string of the molecule is CC/C(=C\C(=C/CC1=CC=CC(n2ccnc2C)=C=C1)c1cccc(-n2ccnc2C)c1)C1=C=CC=CC(n2ccnc2C)=C1. The van der Waals surface area contributed by atoms with E-state index in [1.54, 1.807) is 0 Å². The van der Waals surface area contributed by atoms with Gasteiger partial charge in [-0.25, -0.2) is 15.0 Å². The van der Waals surface area contributed by atoms with E-state index in [0.29, 0.717) is 0 Å². The molecule has 0 saturated heterocycles. The lowest BCUT2D eigenvalue weighted by atomic mass is 9.95. The van der Waals surface area contributed by atoms with Crippen LogP contribution < -0.4 is 0 Å². The first kappa shape index (κ1) is 29.4. The summed E-state index contributed by atoms with van der Waals surface area (Å²) in [5.41, 5.74) is 15.8. The highest BCUT2D eigenvalue weighted by Crippen LogP contribution is 2.28. The standard InChI is InChI=1S/C39H36N6/c1-5-33(34-11-6-7-13-38(27-34)44-24-21-41-30(44)3)26-36(35-12-9-15-39(28-35)45-25-22-42-31(45)4)18-16-32-10-8-14-37(19-17-32)43-23-20-40-29(43)2/h6-10,12-15,17-18,20-28H,5,16H2,1-4H3/b33-26+,36-18+. The van der Waals surface area contributed by atoms with Gasteiger partial charge >= 0.3 is 0 Å². The summed E-state index contributed by atoms with van der Waals surface area (Å²) in [7, 11) is 0. The molecule has 0 amide bonds. The first-order valence-corrected chi connectivity index (χ1v) is 15.2. The second-order valence-corrected chi connectivity index (χ2v) is 10.9. The molecule has 0 N–H and O–H groups in total. The van der Waals surface area contributed by atoms with Crippen molar-refractivity contribution in [3.05, 3.63) is 173 Å². The molecule has 0 spiro atoms. The van der Waals surface area contributed by atoms with Crippen molar-refractivity contribution >= 4 is 17.0 Å². The van der Waals surface area contributed by atoms with Crippen molar-refractivity contribution in [3.8, 4) is 5.69 Å². The molecule has 0 atom stereocenters. The van der Waals surface area contributed by atoms with Crippen molar-refractivity contribution in [2.24, 2.45) is 0 Å². The third-order valence-corrected chi connectivity index (χ3v) is 7.95. The van der Waals surface area contributed by atoms with Gasteiger partial charge in [0.05, 0.1) is 5.70 Å². The van der Waals surface area contributed by atoms with Crippen LogP contribution in [0.2, 0.25) is 0 Å². The highest BCUT2D eigenvalue weighted by atomic mass is 15.1. The summed E-state index contributed by atoms with van der Waals surface area (Å²) in [4.78, 5) is 13.2. The number of nitrogens with zero attached hydrogens (tertiary/aromatic N) is 6. The summed E-state index contributed by atoms with van der Waals surface area (Å²) in [5, 5.41) is 0. The second-order valence-electron chi connectivity index (χ2n) is 10.9. The number of allylic oxidation sites excluding steroid dienone is 14. The zero-order chi connectivity index (χ0) is 31.2. The van der Waals surface area contributed by atoms with E-state index in [0.717, 1.165) is 64.1 Å². The fourth-order valence-electron chi connectivity index (χ4n) is 5.48. The maximum Gasteiger partial charge on any atom is 0.110 e. The summed E-state index contributed by atoms with van der Waals surface area (Å²) in [6, 6.07) is 8.65. The lowest BCUT2D eigenvalue weighted by Crippen LogP contribution is -1.98. The van der Waals surface area contributed by atoms with Crippen LogP contribution in [0.5, 0.6) is 0 Å². The molecule has 1 aromatic carbocycles. The van der Waals surface area contributed by atoms with Crippen molar-refractivity contribution in [1.82, 2.24) is 28.7 Å². The van der Waals surface area contributed by atoms with E-state index < -0.39 is 0 Å². The molecular formula is C39H36N6. The molecule has 0 fully saturated rings. The van der Waals surface area contributed by atoms with Crippen molar-refractivity contribution in [2.45, 2.75) is 40.5 Å². The van der Waals surface area contributed by atoms with Gasteiger partial charge in [0.25, 0.3) is 0 Å². The molecule has 45 heavy (non-hydrogen) atoms. The Kier molecular flexibility index (Phi) is 8.70. The predicted octanol–water partition coefficient (Wildman–Crippen LogP) is 8.69. The predicted molar refractivity (Wildman–Crippen MR) is 183 cm³/mol. The van der Waals surface area contributed by atoms with E-state index >= 15 is 0 Å². The third kappa shape index (κ3) is 6.63. The molecule has 0 aliphatic heterocycles. The second kappa shape index (κ2) is 13.3. The topological polar surface area (TPSA) is 53.5 Å². The van der Waals surface area contributed by atoms with Crippen LogP contribution in [-0.2, 0) is 0 Å². The third-order valence-electron chi connectivity index (χ3n) is 7.95. The summed E-state index contributed by atoms with van der Waals surface area (Å²) >= 11 is 0. The molecule has 0 bridgehead atoms. The maximum absolute atomic E-state index is 4.44. The lowest BCUT2D eigenvalue weighted by Gasteiger charge is -2.13. The lowest BCUT2D eigenvalue weighted by molar-refractivity contribution is 0.974. The molecule has 0 unspecified atom stereocenters. The van der Waals surface area contributed by atoms with Crippen LogP contribution in [0.1, 0.15) is 42.8 Å². The van der Waals surface area contributed by atoms with E-state index in [1.165, 1.54) is 11.1 Å². The van der Waals surface area contributed by atoms with Crippen LogP contribution >= 0.6 is 0 Å². The van der Waals surface area contributed by atoms with Gasteiger partial charge in [0.15, 0.2) is 0 Å².